The molecule has 0 unspecified atom stereocenters. The van der Waals surface area contributed by atoms with Crippen LogP contribution < -0.4 is 4.90 Å². The summed E-state index contributed by atoms with van der Waals surface area (Å²) in [5.74, 6) is 1.04. The molecule has 2 aromatic rings. The van der Waals surface area contributed by atoms with Crippen molar-refractivity contribution in [3.63, 3.8) is 0 Å². The molecule has 7 heteroatoms. The number of thioether (sulfide) groups is 1. The number of non-ortho nitro benzene ring substituents is 1. The molecule has 0 aliphatic carbocycles. The first-order valence-corrected chi connectivity index (χ1v) is 9.26. The van der Waals surface area contributed by atoms with Gasteiger partial charge in [-0.3, -0.25) is 10.1 Å². The summed E-state index contributed by atoms with van der Waals surface area (Å²) in [6.45, 7) is 3.74. The van der Waals surface area contributed by atoms with Gasteiger partial charge in [0, 0.05) is 23.4 Å². The van der Waals surface area contributed by atoms with Crippen molar-refractivity contribution in [3.8, 4) is 11.3 Å². The Morgan fingerprint density at radius 2 is 1.96 bits per heavy atom. The number of rotatable bonds is 6. The molecule has 2 heterocycles. The molecule has 0 saturated carbocycles. The highest BCUT2D eigenvalue weighted by atomic mass is 32.2. The van der Waals surface area contributed by atoms with E-state index in [-0.39, 0.29) is 5.69 Å². The second-order valence-electron chi connectivity index (χ2n) is 5.97. The van der Waals surface area contributed by atoms with Gasteiger partial charge in [0.15, 0.2) is 0 Å². The molecule has 24 heavy (non-hydrogen) atoms. The number of piperidine rings is 1. The Labute approximate surface area is 145 Å². The molecule has 1 aromatic carbocycles. The van der Waals surface area contributed by atoms with Crippen LogP contribution in [0.4, 0.5) is 5.69 Å². The molecule has 1 aliphatic heterocycles. The maximum Gasteiger partial charge on any atom is 0.270 e. The zero-order valence-electron chi connectivity index (χ0n) is 13.5. The highest BCUT2D eigenvalue weighted by Crippen LogP contribution is 2.23. The molecule has 126 valence electrons. The second-order valence-corrected chi connectivity index (χ2v) is 7.09. The van der Waals surface area contributed by atoms with Crippen molar-refractivity contribution in [2.45, 2.75) is 24.3 Å². The van der Waals surface area contributed by atoms with Gasteiger partial charge in [0.05, 0.1) is 30.3 Å². The lowest BCUT2D eigenvalue weighted by Crippen LogP contribution is -3.13. The molecule has 0 amide bonds. The molecule has 1 aliphatic rings. The van der Waals surface area contributed by atoms with E-state index in [1.54, 1.807) is 22.7 Å². The summed E-state index contributed by atoms with van der Waals surface area (Å²) in [4.78, 5) is 12.1. The number of likely N-dealkylation sites (tertiary alicyclic amines) is 1. The van der Waals surface area contributed by atoms with Crippen molar-refractivity contribution in [2.24, 2.45) is 0 Å². The topological polar surface area (TPSA) is 73.4 Å². The lowest BCUT2D eigenvalue weighted by atomic mass is 10.1. The van der Waals surface area contributed by atoms with E-state index in [4.69, 9.17) is 0 Å². The Morgan fingerprint density at radius 3 is 2.67 bits per heavy atom. The third-order valence-electron chi connectivity index (χ3n) is 4.26. The van der Waals surface area contributed by atoms with Crippen molar-refractivity contribution in [1.29, 1.82) is 0 Å². The van der Waals surface area contributed by atoms with Gasteiger partial charge in [0.1, 0.15) is 5.03 Å². The smallest absolute Gasteiger partial charge is 0.270 e. The van der Waals surface area contributed by atoms with Gasteiger partial charge < -0.3 is 4.90 Å². The first-order chi connectivity index (χ1) is 11.7. The standard InChI is InChI=1S/C17H20N4O2S/c22-21(23)15-6-4-5-14(13-15)16-7-8-17(19-18-16)24-12-11-20-9-2-1-3-10-20/h4-8,13H,1-3,9-12H2/p+1. The molecule has 3 rings (SSSR count). The van der Waals surface area contributed by atoms with Crippen LogP contribution >= 0.6 is 11.8 Å². The number of nitro groups is 1. The van der Waals surface area contributed by atoms with Crippen molar-refractivity contribution in [3.05, 3.63) is 46.5 Å². The molecule has 1 fully saturated rings. The summed E-state index contributed by atoms with van der Waals surface area (Å²) < 4.78 is 0. The van der Waals surface area contributed by atoms with Gasteiger partial charge in [-0.05, 0) is 31.4 Å². The largest absolute Gasteiger partial charge is 0.334 e. The second kappa shape index (κ2) is 8.21. The Bertz CT molecular complexity index is 687. The summed E-state index contributed by atoms with van der Waals surface area (Å²) in [7, 11) is 0. The van der Waals surface area contributed by atoms with Crippen LogP contribution in [0.25, 0.3) is 11.3 Å². The summed E-state index contributed by atoms with van der Waals surface area (Å²) in [5, 5.41) is 20.2. The van der Waals surface area contributed by atoms with E-state index in [1.165, 1.54) is 51.0 Å². The first-order valence-electron chi connectivity index (χ1n) is 8.27. The van der Waals surface area contributed by atoms with Crippen LogP contribution in [0.15, 0.2) is 41.4 Å². The average molecular weight is 345 g/mol. The maximum atomic E-state index is 10.9. The van der Waals surface area contributed by atoms with E-state index in [9.17, 15) is 10.1 Å². The van der Waals surface area contributed by atoms with Gasteiger partial charge in [-0.2, -0.15) is 0 Å². The van der Waals surface area contributed by atoms with Gasteiger partial charge in [-0.1, -0.05) is 23.9 Å². The highest BCUT2D eigenvalue weighted by Gasteiger charge is 2.13. The van der Waals surface area contributed by atoms with Crippen LogP contribution in [-0.2, 0) is 0 Å². The lowest BCUT2D eigenvalue weighted by Gasteiger charge is -2.23. The fraction of sp³-hybridized carbons (Fsp3) is 0.412. The van der Waals surface area contributed by atoms with Crippen LogP contribution in [0.2, 0.25) is 0 Å². The molecular weight excluding hydrogens is 324 g/mol. The number of aromatic nitrogens is 2. The number of hydrogen-bond acceptors (Lipinski definition) is 5. The molecular formula is C17H21N4O2S+. The quantitative estimate of drug-likeness (QED) is 0.494. The zero-order valence-corrected chi connectivity index (χ0v) is 14.3. The van der Waals surface area contributed by atoms with Crippen LogP contribution in [0, 0.1) is 10.1 Å². The zero-order chi connectivity index (χ0) is 16.8. The summed E-state index contributed by atoms with van der Waals surface area (Å²) in [6.07, 6.45) is 4.07. The summed E-state index contributed by atoms with van der Waals surface area (Å²) >= 11 is 1.72. The Morgan fingerprint density at radius 1 is 1.12 bits per heavy atom. The van der Waals surface area contributed by atoms with Crippen LogP contribution in [0.3, 0.4) is 0 Å². The van der Waals surface area contributed by atoms with Gasteiger partial charge in [-0.25, -0.2) is 0 Å². The maximum absolute atomic E-state index is 10.9. The van der Waals surface area contributed by atoms with E-state index in [0.29, 0.717) is 11.3 Å². The number of hydrogen-bond donors (Lipinski definition) is 1. The van der Waals surface area contributed by atoms with Crippen molar-refractivity contribution in [2.75, 3.05) is 25.4 Å². The Hall–Kier alpha value is -1.99. The molecule has 1 aromatic heterocycles. The fourth-order valence-corrected chi connectivity index (χ4v) is 3.79. The van der Waals surface area contributed by atoms with Crippen molar-refractivity contribution in [1.82, 2.24) is 10.2 Å². The Kier molecular flexibility index (Phi) is 5.77. The molecule has 0 atom stereocenters. The number of quaternary nitrogens is 1. The number of nitro benzene ring substituents is 1. The van der Waals surface area contributed by atoms with Crippen molar-refractivity contribution >= 4 is 17.4 Å². The predicted molar refractivity (Wildman–Crippen MR) is 94.3 cm³/mol. The predicted octanol–water partition coefficient (Wildman–Crippen LogP) is 2.21. The van der Waals surface area contributed by atoms with Gasteiger partial charge in [0.25, 0.3) is 5.69 Å². The number of nitrogens with zero attached hydrogens (tertiary/aromatic N) is 3. The normalized spacial score (nSPS) is 15.3. The highest BCUT2D eigenvalue weighted by molar-refractivity contribution is 7.99. The molecule has 0 spiro atoms. The molecule has 1 N–H and O–H groups in total. The van der Waals surface area contributed by atoms with Crippen LogP contribution in [-0.4, -0.2) is 40.5 Å². The van der Waals surface area contributed by atoms with E-state index in [2.05, 4.69) is 10.2 Å². The third kappa shape index (κ3) is 4.52. The monoisotopic (exact) mass is 345 g/mol. The summed E-state index contributed by atoms with van der Waals surface area (Å²) in [5.41, 5.74) is 1.44. The first kappa shape index (κ1) is 16.9. The number of nitrogens with one attached hydrogen (secondary N) is 1. The van der Waals surface area contributed by atoms with E-state index in [0.717, 1.165) is 10.8 Å². The van der Waals surface area contributed by atoms with Gasteiger partial charge >= 0.3 is 0 Å². The molecule has 1 saturated heterocycles. The van der Waals surface area contributed by atoms with E-state index < -0.39 is 4.92 Å². The van der Waals surface area contributed by atoms with Crippen molar-refractivity contribution < 1.29 is 9.82 Å². The minimum atomic E-state index is -0.399. The third-order valence-corrected chi connectivity index (χ3v) is 5.18. The molecule has 0 bridgehead atoms. The van der Waals surface area contributed by atoms with E-state index >= 15 is 0 Å². The Balaban J connectivity index is 1.57. The minimum Gasteiger partial charge on any atom is -0.334 e. The van der Waals surface area contributed by atoms with Gasteiger partial charge in [0.2, 0.25) is 0 Å². The summed E-state index contributed by atoms with van der Waals surface area (Å²) in [6, 6.07) is 10.3. The van der Waals surface area contributed by atoms with Gasteiger partial charge in [-0.15, -0.1) is 10.2 Å². The fourth-order valence-electron chi connectivity index (χ4n) is 2.93. The van der Waals surface area contributed by atoms with E-state index in [1.807, 2.05) is 18.2 Å². The van der Waals surface area contributed by atoms with Crippen LogP contribution in [0.5, 0.6) is 0 Å². The lowest BCUT2D eigenvalue weighted by molar-refractivity contribution is -0.902. The van der Waals surface area contributed by atoms with Crippen LogP contribution in [0.1, 0.15) is 19.3 Å². The molecule has 6 nitrogen and oxygen atoms in total. The average Bonchev–Trinajstić information content (AvgIpc) is 2.63. The SMILES string of the molecule is O=[N+]([O-])c1cccc(-c2ccc(SCC[NH+]3CCCCC3)nn2)c1. The molecule has 0 radical (unpaired) electrons. The number of benzene rings is 1. The minimum absolute atomic E-state index is 0.0669.